The number of imide groups is 1. The van der Waals surface area contributed by atoms with Crippen LogP contribution in [0.5, 0.6) is 0 Å². The minimum absolute atomic E-state index is 0.441. The maximum absolute atomic E-state index is 11.6. The second kappa shape index (κ2) is 6.47. The van der Waals surface area contributed by atoms with Gasteiger partial charge in [0, 0.05) is 24.5 Å². The number of aryl methyl sites for hydroxylation is 1. The largest absolute Gasteiger partial charge is 0.374 e. The molecule has 114 valence electrons. The van der Waals surface area contributed by atoms with Crippen LogP contribution in [0, 0.1) is 6.92 Å². The Bertz CT molecular complexity index is 538. The normalized spacial score (nSPS) is 15.6. The summed E-state index contributed by atoms with van der Waals surface area (Å²) in [6.07, 6.45) is 2.48. The Kier molecular flexibility index (Phi) is 4.67. The van der Waals surface area contributed by atoms with Crippen LogP contribution in [0.2, 0.25) is 0 Å². The summed E-state index contributed by atoms with van der Waals surface area (Å²) in [5.74, 6) is -0.441. The van der Waals surface area contributed by atoms with Gasteiger partial charge in [-0.05, 0) is 50.5 Å². The molecule has 0 spiro atoms. The van der Waals surface area contributed by atoms with E-state index in [1.807, 2.05) is 12.1 Å². The van der Waals surface area contributed by atoms with Crippen molar-refractivity contribution in [3.63, 3.8) is 0 Å². The molecule has 1 heterocycles. The lowest BCUT2D eigenvalue weighted by Gasteiger charge is -2.21. The fraction of sp³-hybridized carbons (Fsp3) is 0.467. The van der Waals surface area contributed by atoms with Crippen LogP contribution < -0.4 is 21.3 Å². The molecule has 1 aliphatic heterocycles. The number of hydrogen-bond acceptors (Lipinski definition) is 4. The number of carbonyl (C=O) groups is 2. The van der Waals surface area contributed by atoms with Crippen molar-refractivity contribution in [3.8, 4) is 0 Å². The summed E-state index contributed by atoms with van der Waals surface area (Å²) in [7, 11) is 0. The van der Waals surface area contributed by atoms with Gasteiger partial charge in [0.2, 0.25) is 5.91 Å². The summed E-state index contributed by atoms with van der Waals surface area (Å²) >= 11 is 0. The van der Waals surface area contributed by atoms with Crippen molar-refractivity contribution in [1.82, 2.24) is 5.32 Å². The summed E-state index contributed by atoms with van der Waals surface area (Å²) in [6.45, 7) is 5.95. The maximum Gasteiger partial charge on any atom is 0.318 e. The van der Waals surface area contributed by atoms with Crippen LogP contribution in [0.4, 0.5) is 16.2 Å². The van der Waals surface area contributed by atoms with E-state index in [1.165, 1.54) is 24.1 Å². The first kappa shape index (κ1) is 15.2. The van der Waals surface area contributed by atoms with Gasteiger partial charge in [-0.25, -0.2) is 4.79 Å². The van der Waals surface area contributed by atoms with Crippen molar-refractivity contribution in [2.45, 2.75) is 32.7 Å². The van der Waals surface area contributed by atoms with Crippen LogP contribution >= 0.6 is 0 Å². The lowest BCUT2D eigenvalue weighted by molar-refractivity contribution is -0.120. The van der Waals surface area contributed by atoms with E-state index in [2.05, 4.69) is 28.5 Å². The van der Waals surface area contributed by atoms with E-state index in [9.17, 15) is 9.59 Å². The Balaban J connectivity index is 2.02. The average Bonchev–Trinajstić information content (AvgIpc) is 2.91. The SMILES string of the molecule is Cc1cc(NC(C)C(=O)NC(N)=O)ccc1N1CCCC1. The number of carbonyl (C=O) groups excluding carboxylic acids is 2. The Morgan fingerprint density at radius 3 is 2.52 bits per heavy atom. The van der Waals surface area contributed by atoms with Crippen LogP contribution in [0.25, 0.3) is 0 Å². The monoisotopic (exact) mass is 290 g/mol. The highest BCUT2D eigenvalue weighted by Crippen LogP contribution is 2.26. The van der Waals surface area contributed by atoms with E-state index in [0.717, 1.165) is 18.8 Å². The predicted octanol–water partition coefficient (Wildman–Crippen LogP) is 1.59. The molecule has 4 N–H and O–H groups in total. The number of nitrogens with one attached hydrogen (secondary N) is 2. The zero-order chi connectivity index (χ0) is 15.4. The summed E-state index contributed by atoms with van der Waals surface area (Å²) in [5.41, 5.74) is 8.20. The number of anilines is 2. The van der Waals surface area contributed by atoms with Crippen molar-refractivity contribution in [3.05, 3.63) is 23.8 Å². The van der Waals surface area contributed by atoms with Gasteiger partial charge < -0.3 is 16.0 Å². The fourth-order valence-corrected chi connectivity index (χ4v) is 2.60. The van der Waals surface area contributed by atoms with E-state index in [1.54, 1.807) is 6.92 Å². The molecule has 0 aromatic heterocycles. The van der Waals surface area contributed by atoms with Gasteiger partial charge in [-0.2, -0.15) is 0 Å². The molecule has 21 heavy (non-hydrogen) atoms. The number of nitrogens with zero attached hydrogens (tertiary/aromatic N) is 1. The molecule has 1 fully saturated rings. The van der Waals surface area contributed by atoms with Crippen molar-refractivity contribution >= 4 is 23.3 Å². The molecule has 2 rings (SSSR count). The van der Waals surface area contributed by atoms with Gasteiger partial charge in [0.15, 0.2) is 0 Å². The molecule has 6 heteroatoms. The molecule has 0 saturated carbocycles. The number of hydrogen-bond donors (Lipinski definition) is 3. The molecule has 0 aliphatic carbocycles. The first-order valence-corrected chi connectivity index (χ1v) is 7.20. The summed E-state index contributed by atoms with van der Waals surface area (Å²) in [6, 6.07) is 4.67. The van der Waals surface area contributed by atoms with Crippen molar-refractivity contribution in [2.24, 2.45) is 5.73 Å². The topological polar surface area (TPSA) is 87.5 Å². The van der Waals surface area contributed by atoms with E-state index in [4.69, 9.17) is 5.73 Å². The molecule has 1 aliphatic rings. The molecule has 3 amide bonds. The van der Waals surface area contributed by atoms with Gasteiger partial charge in [0.25, 0.3) is 0 Å². The number of rotatable bonds is 4. The molecule has 1 unspecified atom stereocenters. The third-order valence-electron chi connectivity index (χ3n) is 3.67. The summed E-state index contributed by atoms with van der Waals surface area (Å²) in [5, 5.41) is 5.13. The number of primary amides is 1. The van der Waals surface area contributed by atoms with Crippen molar-refractivity contribution < 1.29 is 9.59 Å². The Labute approximate surface area is 124 Å². The molecule has 1 atom stereocenters. The highest BCUT2D eigenvalue weighted by Gasteiger charge is 2.16. The smallest absolute Gasteiger partial charge is 0.318 e. The van der Waals surface area contributed by atoms with Gasteiger partial charge in [-0.1, -0.05) is 0 Å². The zero-order valence-corrected chi connectivity index (χ0v) is 12.5. The van der Waals surface area contributed by atoms with Gasteiger partial charge in [0.1, 0.15) is 6.04 Å². The maximum atomic E-state index is 11.6. The Morgan fingerprint density at radius 2 is 1.95 bits per heavy atom. The van der Waals surface area contributed by atoms with E-state index < -0.39 is 18.0 Å². The standard InChI is InChI=1S/C15H22N4O2/c1-10-9-12(17-11(2)14(20)18-15(16)21)5-6-13(10)19-7-3-4-8-19/h5-6,9,11,17H,3-4,7-8H2,1-2H3,(H3,16,18,20,21). The zero-order valence-electron chi connectivity index (χ0n) is 12.5. The second-order valence-corrected chi connectivity index (χ2v) is 5.41. The third kappa shape index (κ3) is 3.87. The van der Waals surface area contributed by atoms with Gasteiger partial charge in [-0.15, -0.1) is 0 Å². The highest BCUT2D eigenvalue weighted by atomic mass is 16.2. The van der Waals surface area contributed by atoms with Crippen LogP contribution in [0.15, 0.2) is 18.2 Å². The molecular weight excluding hydrogens is 268 g/mol. The quantitative estimate of drug-likeness (QED) is 0.786. The number of nitrogens with two attached hydrogens (primary N) is 1. The number of benzene rings is 1. The van der Waals surface area contributed by atoms with Crippen molar-refractivity contribution in [1.29, 1.82) is 0 Å². The Morgan fingerprint density at radius 1 is 1.29 bits per heavy atom. The van der Waals surface area contributed by atoms with E-state index >= 15 is 0 Å². The van der Waals surface area contributed by atoms with Crippen LogP contribution in [-0.2, 0) is 4.79 Å². The van der Waals surface area contributed by atoms with E-state index in [-0.39, 0.29) is 0 Å². The molecule has 0 radical (unpaired) electrons. The minimum Gasteiger partial charge on any atom is -0.374 e. The average molecular weight is 290 g/mol. The van der Waals surface area contributed by atoms with Gasteiger partial charge in [-0.3, -0.25) is 10.1 Å². The number of urea groups is 1. The molecular formula is C15H22N4O2. The molecule has 1 aromatic rings. The lowest BCUT2D eigenvalue weighted by atomic mass is 10.1. The lowest BCUT2D eigenvalue weighted by Crippen LogP contribution is -2.43. The third-order valence-corrected chi connectivity index (χ3v) is 3.67. The van der Waals surface area contributed by atoms with Gasteiger partial charge >= 0.3 is 6.03 Å². The molecule has 6 nitrogen and oxygen atoms in total. The first-order chi connectivity index (χ1) is 9.97. The molecule has 0 bridgehead atoms. The Hall–Kier alpha value is -2.24. The fourth-order valence-electron chi connectivity index (χ4n) is 2.60. The second-order valence-electron chi connectivity index (χ2n) is 5.41. The van der Waals surface area contributed by atoms with Crippen molar-refractivity contribution in [2.75, 3.05) is 23.3 Å². The summed E-state index contributed by atoms with van der Waals surface area (Å²) in [4.78, 5) is 24.7. The van der Waals surface area contributed by atoms with Gasteiger partial charge in [0.05, 0.1) is 0 Å². The predicted molar refractivity (Wildman–Crippen MR) is 83.4 cm³/mol. The van der Waals surface area contributed by atoms with Crippen LogP contribution in [0.1, 0.15) is 25.3 Å². The molecule has 1 aromatic carbocycles. The van der Waals surface area contributed by atoms with Crippen LogP contribution in [-0.4, -0.2) is 31.1 Å². The minimum atomic E-state index is -0.839. The first-order valence-electron chi connectivity index (χ1n) is 7.20. The van der Waals surface area contributed by atoms with Crippen LogP contribution in [0.3, 0.4) is 0 Å². The molecule has 1 saturated heterocycles. The number of amides is 3. The van der Waals surface area contributed by atoms with E-state index in [0.29, 0.717) is 0 Å². The highest BCUT2D eigenvalue weighted by molar-refractivity contribution is 5.97. The summed E-state index contributed by atoms with van der Waals surface area (Å²) < 4.78 is 0.